The van der Waals surface area contributed by atoms with Crippen LogP contribution in [0.2, 0.25) is 0 Å². The van der Waals surface area contributed by atoms with E-state index in [0.717, 1.165) is 13.0 Å². The van der Waals surface area contributed by atoms with E-state index in [0.29, 0.717) is 12.1 Å². The third-order valence-electron chi connectivity index (χ3n) is 2.83. The number of ether oxygens (including phenoxy) is 1. The molecule has 0 saturated carbocycles. The van der Waals surface area contributed by atoms with Crippen molar-refractivity contribution in [1.29, 1.82) is 0 Å². The molecule has 1 atom stereocenters. The third-order valence-corrected chi connectivity index (χ3v) is 2.83. The number of hydrogen-bond donors (Lipinski definition) is 1. The Labute approximate surface area is 112 Å². The molecular formula is C13H16ClNO3. The van der Waals surface area contributed by atoms with Gasteiger partial charge in [-0.3, -0.25) is 9.59 Å². The fraction of sp³-hybridized carbons (Fsp3) is 0.385. The molecule has 98 valence electrons. The van der Waals surface area contributed by atoms with Crippen LogP contribution in [0.25, 0.3) is 0 Å². The van der Waals surface area contributed by atoms with Gasteiger partial charge in [-0.05, 0) is 13.0 Å². The van der Waals surface area contributed by atoms with Crippen molar-refractivity contribution >= 4 is 24.2 Å². The first kappa shape index (κ1) is 14.7. The third kappa shape index (κ3) is 3.82. The average molecular weight is 270 g/mol. The lowest BCUT2D eigenvalue weighted by atomic mass is 10.1. The van der Waals surface area contributed by atoms with Gasteiger partial charge >= 0.3 is 5.97 Å². The SMILES string of the molecule is Cl.O=C(COC(=O)C1CCNC1)c1ccccc1. The molecule has 0 spiro atoms. The Morgan fingerprint density at radius 3 is 2.61 bits per heavy atom. The number of esters is 1. The van der Waals surface area contributed by atoms with Gasteiger partial charge in [0.25, 0.3) is 0 Å². The molecule has 0 radical (unpaired) electrons. The van der Waals surface area contributed by atoms with E-state index >= 15 is 0 Å². The molecule has 1 aliphatic rings. The minimum atomic E-state index is -0.278. The van der Waals surface area contributed by atoms with Crippen LogP contribution in [0.3, 0.4) is 0 Å². The van der Waals surface area contributed by atoms with E-state index in [2.05, 4.69) is 5.32 Å². The van der Waals surface area contributed by atoms with E-state index in [1.807, 2.05) is 6.07 Å². The van der Waals surface area contributed by atoms with Crippen molar-refractivity contribution in [3.63, 3.8) is 0 Å². The van der Waals surface area contributed by atoms with Gasteiger partial charge in [-0.25, -0.2) is 0 Å². The van der Waals surface area contributed by atoms with E-state index in [1.165, 1.54) is 0 Å². The number of hydrogen-bond acceptors (Lipinski definition) is 4. The summed E-state index contributed by atoms with van der Waals surface area (Å²) >= 11 is 0. The van der Waals surface area contributed by atoms with Crippen LogP contribution in [-0.4, -0.2) is 31.4 Å². The molecule has 1 aliphatic heterocycles. The minimum absolute atomic E-state index is 0. The van der Waals surface area contributed by atoms with E-state index in [9.17, 15) is 9.59 Å². The average Bonchev–Trinajstić information content (AvgIpc) is 2.90. The first-order valence-electron chi connectivity index (χ1n) is 5.73. The van der Waals surface area contributed by atoms with Crippen LogP contribution in [-0.2, 0) is 9.53 Å². The molecule has 1 N–H and O–H groups in total. The Morgan fingerprint density at radius 1 is 1.28 bits per heavy atom. The first-order chi connectivity index (χ1) is 8.27. The maximum absolute atomic E-state index is 11.7. The largest absolute Gasteiger partial charge is 0.457 e. The summed E-state index contributed by atoms with van der Waals surface area (Å²) in [5.41, 5.74) is 0.574. The van der Waals surface area contributed by atoms with Crippen molar-refractivity contribution in [2.75, 3.05) is 19.7 Å². The summed E-state index contributed by atoms with van der Waals surface area (Å²) in [4.78, 5) is 23.2. The summed E-state index contributed by atoms with van der Waals surface area (Å²) in [6.45, 7) is 1.32. The van der Waals surface area contributed by atoms with E-state index < -0.39 is 0 Å². The molecule has 1 heterocycles. The predicted octanol–water partition coefficient (Wildman–Crippen LogP) is 1.44. The second kappa shape index (κ2) is 7.13. The summed E-state index contributed by atoms with van der Waals surface area (Å²) in [6, 6.07) is 8.85. The molecule has 18 heavy (non-hydrogen) atoms. The number of Topliss-reactive ketones (excluding diaryl/α,β-unsaturated/α-hetero) is 1. The van der Waals surface area contributed by atoms with Gasteiger partial charge < -0.3 is 10.1 Å². The molecular weight excluding hydrogens is 254 g/mol. The monoisotopic (exact) mass is 269 g/mol. The summed E-state index contributed by atoms with van der Waals surface area (Å²) < 4.78 is 5.01. The highest BCUT2D eigenvalue weighted by atomic mass is 35.5. The fourth-order valence-electron chi connectivity index (χ4n) is 1.82. The summed E-state index contributed by atoms with van der Waals surface area (Å²) in [5.74, 6) is -0.539. The van der Waals surface area contributed by atoms with Gasteiger partial charge in [0.05, 0.1) is 5.92 Å². The topological polar surface area (TPSA) is 55.4 Å². The van der Waals surface area contributed by atoms with Crippen LogP contribution < -0.4 is 5.32 Å². The van der Waals surface area contributed by atoms with Gasteiger partial charge in [0.1, 0.15) is 0 Å². The summed E-state index contributed by atoms with van der Waals surface area (Å²) in [6.07, 6.45) is 0.790. The lowest BCUT2D eigenvalue weighted by Crippen LogP contribution is -2.23. The van der Waals surface area contributed by atoms with Crippen LogP contribution in [0.5, 0.6) is 0 Å². The second-order valence-corrected chi connectivity index (χ2v) is 4.09. The molecule has 1 aromatic rings. The Bertz CT molecular complexity index is 402. The smallest absolute Gasteiger partial charge is 0.310 e. The normalized spacial score (nSPS) is 17.9. The van der Waals surface area contributed by atoms with Gasteiger partial charge in [0.15, 0.2) is 12.4 Å². The Morgan fingerprint density at radius 2 is 2.00 bits per heavy atom. The Hall–Kier alpha value is -1.39. The van der Waals surface area contributed by atoms with Gasteiger partial charge in [-0.2, -0.15) is 0 Å². The van der Waals surface area contributed by atoms with Crippen LogP contribution in [0.15, 0.2) is 30.3 Å². The van der Waals surface area contributed by atoms with E-state index in [-0.39, 0.29) is 36.7 Å². The van der Waals surface area contributed by atoms with E-state index in [4.69, 9.17) is 4.74 Å². The maximum atomic E-state index is 11.7. The lowest BCUT2D eigenvalue weighted by Gasteiger charge is -2.08. The molecule has 1 aromatic carbocycles. The van der Waals surface area contributed by atoms with Crippen molar-refractivity contribution in [1.82, 2.24) is 5.32 Å². The molecule has 0 aliphatic carbocycles. The zero-order chi connectivity index (χ0) is 12.1. The summed E-state index contributed by atoms with van der Waals surface area (Å²) in [5, 5.41) is 3.09. The van der Waals surface area contributed by atoms with Crippen LogP contribution in [0.4, 0.5) is 0 Å². The lowest BCUT2D eigenvalue weighted by molar-refractivity contribution is -0.146. The zero-order valence-electron chi connectivity index (χ0n) is 9.93. The molecule has 1 fully saturated rings. The van der Waals surface area contributed by atoms with Crippen LogP contribution in [0.1, 0.15) is 16.8 Å². The van der Waals surface area contributed by atoms with Gasteiger partial charge in [-0.1, -0.05) is 30.3 Å². The molecule has 0 bridgehead atoms. The van der Waals surface area contributed by atoms with Crippen molar-refractivity contribution in [2.45, 2.75) is 6.42 Å². The van der Waals surface area contributed by atoms with Crippen LogP contribution >= 0.6 is 12.4 Å². The minimum Gasteiger partial charge on any atom is -0.457 e. The number of benzene rings is 1. The molecule has 0 amide bonds. The standard InChI is InChI=1S/C13H15NO3.ClH/c15-12(10-4-2-1-3-5-10)9-17-13(16)11-6-7-14-8-11;/h1-5,11,14H,6-9H2;1H. The Balaban J connectivity index is 0.00000162. The highest BCUT2D eigenvalue weighted by Crippen LogP contribution is 2.10. The number of carbonyl (C=O) groups is 2. The molecule has 5 heteroatoms. The number of rotatable bonds is 4. The number of carbonyl (C=O) groups excluding carboxylic acids is 2. The number of ketones is 1. The van der Waals surface area contributed by atoms with Gasteiger partial charge in [0, 0.05) is 12.1 Å². The maximum Gasteiger partial charge on any atom is 0.310 e. The van der Waals surface area contributed by atoms with Crippen molar-refractivity contribution < 1.29 is 14.3 Å². The second-order valence-electron chi connectivity index (χ2n) is 4.09. The quantitative estimate of drug-likeness (QED) is 0.664. The number of halogens is 1. The molecule has 1 saturated heterocycles. The molecule has 1 unspecified atom stereocenters. The summed E-state index contributed by atoms with van der Waals surface area (Å²) in [7, 11) is 0. The zero-order valence-corrected chi connectivity index (χ0v) is 10.7. The molecule has 0 aromatic heterocycles. The van der Waals surface area contributed by atoms with Crippen molar-refractivity contribution in [3.05, 3.63) is 35.9 Å². The van der Waals surface area contributed by atoms with Crippen molar-refractivity contribution in [2.24, 2.45) is 5.92 Å². The molecule has 4 nitrogen and oxygen atoms in total. The Kier molecular flexibility index (Phi) is 5.82. The predicted molar refractivity (Wildman–Crippen MR) is 70.0 cm³/mol. The van der Waals surface area contributed by atoms with E-state index in [1.54, 1.807) is 24.3 Å². The highest BCUT2D eigenvalue weighted by molar-refractivity contribution is 5.97. The highest BCUT2D eigenvalue weighted by Gasteiger charge is 2.24. The number of nitrogens with one attached hydrogen (secondary N) is 1. The molecule has 2 rings (SSSR count). The van der Waals surface area contributed by atoms with Crippen molar-refractivity contribution in [3.8, 4) is 0 Å². The van der Waals surface area contributed by atoms with Gasteiger partial charge in [0.2, 0.25) is 0 Å². The van der Waals surface area contributed by atoms with Crippen LogP contribution in [0, 0.1) is 5.92 Å². The fourth-order valence-corrected chi connectivity index (χ4v) is 1.82. The van der Waals surface area contributed by atoms with Gasteiger partial charge in [-0.15, -0.1) is 12.4 Å². The first-order valence-corrected chi connectivity index (χ1v) is 5.73.